The molecule has 1 aromatic rings. The molecule has 0 saturated carbocycles. The Kier molecular flexibility index (Phi) is 5.46. The number of nitrogens with zero attached hydrogens (tertiary/aromatic N) is 1. The molecule has 0 saturated heterocycles. The molecule has 0 bridgehead atoms. The van der Waals surface area contributed by atoms with Crippen molar-refractivity contribution in [2.75, 3.05) is 5.75 Å². The standard InChI is InChI=1S/C12H16BrNO2S/c1-12(2,3)16-11(15)6-7-17-10-5-4-9(13)8-14-10/h4-5,8H,6-7H2,1-3H3. The summed E-state index contributed by atoms with van der Waals surface area (Å²) in [7, 11) is 0. The lowest BCUT2D eigenvalue weighted by Gasteiger charge is -2.19. The van der Waals surface area contributed by atoms with Crippen LogP contribution in [0.25, 0.3) is 0 Å². The zero-order chi connectivity index (χ0) is 12.9. The molecule has 0 aliphatic rings. The molecule has 0 spiro atoms. The maximum Gasteiger partial charge on any atom is 0.307 e. The molecule has 0 N–H and O–H groups in total. The van der Waals surface area contributed by atoms with Crippen molar-refractivity contribution in [3.05, 3.63) is 22.8 Å². The highest BCUT2D eigenvalue weighted by Crippen LogP contribution is 2.19. The zero-order valence-corrected chi connectivity index (χ0v) is 12.6. The van der Waals surface area contributed by atoms with Crippen LogP contribution in [0.4, 0.5) is 0 Å². The normalized spacial score (nSPS) is 11.3. The molecule has 0 unspecified atom stereocenters. The Morgan fingerprint density at radius 3 is 2.71 bits per heavy atom. The number of esters is 1. The Morgan fingerprint density at radius 1 is 1.47 bits per heavy atom. The van der Waals surface area contributed by atoms with Crippen LogP contribution in [-0.4, -0.2) is 22.3 Å². The number of halogens is 1. The van der Waals surface area contributed by atoms with Crippen molar-refractivity contribution in [3.63, 3.8) is 0 Å². The molecule has 0 aliphatic carbocycles. The molecule has 17 heavy (non-hydrogen) atoms. The smallest absolute Gasteiger partial charge is 0.307 e. The van der Waals surface area contributed by atoms with E-state index < -0.39 is 5.60 Å². The fourth-order valence-corrected chi connectivity index (χ4v) is 2.08. The third-order valence-electron chi connectivity index (χ3n) is 1.68. The van der Waals surface area contributed by atoms with Gasteiger partial charge in [-0.1, -0.05) is 0 Å². The van der Waals surface area contributed by atoms with Crippen LogP contribution >= 0.6 is 27.7 Å². The van der Waals surface area contributed by atoms with E-state index in [2.05, 4.69) is 20.9 Å². The lowest BCUT2D eigenvalue weighted by Crippen LogP contribution is -2.24. The maximum absolute atomic E-state index is 11.4. The summed E-state index contributed by atoms with van der Waals surface area (Å²) in [6, 6.07) is 3.85. The van der Waals surface area contributed by atoms with Crippen molar-refractivity contribution in [1.29, 1.82) is 0 Å². The molecule has 1 aromatic heterocycles. The van der Waals surface area contributed by atoms with Gasteiger partial charge in [0.15, 0.2) is 0 Å². The van der Waals surface area contributed by atoms with E-state index in [-0.39, 0.29) is 5.97 Å². The number of carbonyl (C=O) groups is 1. The third kappa shape index (κ3) is 6.68. The van der Waals surface area contributed by atoms with Crippen LogP contribution in [0, 0.1) is 0 Å². The van der Waals surface area contributed by atoms with E-state index in [0.717, 1.165) is 9.50 Å². The number of rotatable bonds is 4. The highest BCUT2D eigenvalue weighted by molar-refractivity contribution is 9.10. The summed E-state index contributed by atoms with van der Waals surface area (Å²) in [5.74, 6) is 0.519. The Bertz CT molecular complexity index is 373. The summed E-state index contributed by atoms with van der Waals surface area (Å²) in [4.78, 5) is 15.7. The number of aromatic nitrogens is 1. The van der Waals surface area contributed by atoms with Gasteiger partial charge < -0.3 is 4.74 Å². The van der Waals surface area contributed by atoms with E-state index in [0.29, 0.717) is 12.2 Å². The molecule has 3 nitrogen and oxygen atoms in total. The van der Waals surface area contributed by atoms with Crippen LogP contribution in [0.5, 0.6) is 0 Å². The molecule has 1 rings (SSSR count). The van der Waals surface area contributed by atoms with E-state index in [1.165, 1.54) is 0 Å². The predicted molar refractivity (Wildman–Crippen MR) is 73.1 cm³/mol. The summed E-state index contributed by atoms with van der Waals surface area (Å²) in [5.41, 5.74) is -0.405. The van der Waals surface area contributed by atoms with Gasteiger partial charge in [0.25, 0.3) is 0 Å². The lowest BCUT2D eigenvalue weighted by atomic mass is 10.2. The Hall–Kier alpha value is -0.550. The maximum atomic E-state index is 11.4. The van der Waals surface area contributed by atoms with Gasteiger partial charge in [0.05, 0.1) is 11.4 Å². The van der Waals surface area contributed by atoms with Crippen molar-refractivity contribution >= 4 is 33.7 Å². The Labute approximate surface area is 114 Å². The number of hydrogen-bond acceptors (Lipinski definition) is 4. The number of carbonyl (C=O) groups excluding carboxylic acids is 1. The van der Waals surface area contributed by atoms with E-state index in [1.807, 2.05) is 32.9 Å². The van der Waals surface area contributed by atoms with Gasteiger partial charge in [-0.25, -0.2) is 4.98 Å². The highest BCUT2D eigenvalue weighted by atomic mass is 79.9. The number of pyridine rings is 1. The molecule has 0 fully saturated rings. The second kappa shape index (κ2) is 6.40. The van der Waals surface area contributed by atoms with Gasteiger partial charge in [-0.3, -0.25) is 4.79 Å². The topological polar surface area (TPSA) is 39.2 Å². The van der Waals surface area contributed by atoms with E-state index >= 15 is 0 Å². The van der Waals surface area contributed by atoms with Gasteiger partial charge in [-0.15, -0.1) is 11.8 Å². The van der Waals surface area contributed by atoms with E-state index in [9.17, 15) is 4.79 Å². The molecule has 0 amide bonds. The van der Waals surface area contributed by atoms with Crippen molar-refractivity contribution in [1.82, 2.24) is 4.98 Å². The summed E-state index contributed by atoms with van der Waals surface area (Å²) >= 11 is 4.87. The van der Waals surface area contributed by atoms with Crippen LogP contribution in [0.2, 0.25) is 0 Å². The molecule has 0 radical (unpaired) electrons. The second-order valence-electron chi connectivity index (χ2n) is 4.50. The molecule has 94 valence electrons. The van der Waals surface area contributed by atoms with Crippen LogP contribution < -0.4 is 0 Å². The van der Waals surface area contributed by atoms with Gasteiger partial charge in [-0.05, 0) is 48.8 Å². The average Bonchev–Trinajstić information content (AvgIpc) is 2.18. The SMILES string of the molecule is CC(C)(C)OC(=O)CCSc1ccc(Br)cn1. The second-order valence-corrected chi connectivity index (χ2v) is 6.53. The fraction of sp³-hybridized carbons (Fsp3) is 0.500. The molecule has 0 aliphatic heterocycles. The number of thioether (sulfide) groups is 1. The van der Waals surface area contributed by atoms with Gasteiger partial charge in [0.2, 0.25) is 0 Å². The molecule has 0 aromatic carbocycles. The zero-order valence-electron chi connectivity index (χ0n) is 10.2. The minimum Gasteiger partial charge on any atom is -0.460 e. The van der Waals surface area contributed by atoms with Crippen molar-refractivity contribution in [2.24, 2.45) is 0 Å². The fourth-order valence-electron chi connectivity index (χ4n) is 1.08. The quantitative estimate of drug-likeness (QED) is 0.627. The summed E-state index contributed by atoms with van der Waals surface area (Å²) in [6.07, 6.45) is 2.15. The van der Waals surface area contributed by atoms with Gasteiger partial charge in [0.1, 0.15) is 5.60 Å². The summed E-state index contributed by atoms with van der Waals surface area (Å²) in [6.45, 7) is 5.61. The summed E-state index contributed by atoms with van der Waals surface area (Å²) in [5, 5.41) is 0.914. The van der Waals surface area contributed by atoms with E-state index in [4.69, 9.17) is 4.74 Å². The summed E-state index contributed by atoms with van der Waals surface area (Å²) < 4.78 is 6.17. The molecule has 1 heterocycles. The lowest BCUT2D eigenvalue weighted by molar-refractivity contribution is -0.154. The van der Waals surface area contributed by atoms with Gasteiger partial charge >= 0.3 is 5.97 Å². The first-order chi connectivity index (χ1) is 7.87. The molecular formula is C12H16BrNO2S. The number of hydrogen-bond donors (Lipinski definition) is 0. The number of ether oxygens (including phenoxy) is 1. The monoisotopic (exact) mass is 317 g/mol. The van der Waals surface area contributed by atoms with Crippen molar-refractivity contribution in [2.45, 2.75) is 37.8 Å². The average molecular weight is 318 g/mol. The van der Waals surface area contributed by atoms with Crippen LogP contribution in [0.3, 0.4) is 0 Å². The largest absolute Gasteiger partial charge is 0.460 e. The minimum atomic E-state index is -0.405. The van der Waals surface area contributed by atoms with Crippen LogP contribution in [0.1, 0.15) is 27.2 Å². The van der Waals surface area contributed by atoms with Gasteiger partial charge in [-0.2, -0.15) is 0 Å². The highest BCUT2D eigenvalue weighted by Gasteiger charge is 2.15. The van der Waals surface area contributed by atoms with Gasteiger partial charge in [0, 0.05) is 16.4 Å². The predicted octanol–water partition coefficient (Wildman–Crippen LogP) is 3.67. The Balaban J connectivity index is 2.28. The molecular weight excluding hydrogens is 302 g/mol. The van der Waals surface area contributed by atoms with Crippen LogP contribution in [-0.2, 0) is 9.53 Å². The van der Waals surface area contributed by atoms with Crippen LogP contribution in [0.15, 0.2) is 27.8 Å². The van der Waals surface area contributed by atoms with Crippen molar-refractivity contribution < 1.29 is 9.53 Å². The first-order valence-electron chi connectivity index (χ1n) is 5.33. The van der Waals surface area contributed by atoms with Crippen molar-refractivity contribution in [3.8, 4) is 0 Å². The molecule has 5 heteroatoms. The van der Waals surface area contributed by atoms with E-state index in [1.54, 1.807) is 18.0 Å². The third-order valence-corrected chi connectivity index (χ3v) is 3.09. The minimum absolute atomic E-state index is 0.165. The molecule has 0 atom stereocenters. The first-order valence-corrected chi connectivity index (χ1v) is 7.11. The Morgan fingerprint density at radius 2 is 2.18 bits per heavy atom. The first kappa shape index (κ1) is 14.5.